The molecule has 0 unspecified atom stereocenters. The van der Waals surface area contributed by atoms with Crippen molar-refractivity contribution in [3.8, 4) is 0 Å². The van der Waals surface area contributed by atoms with Crippen molar-refractivity contribution in [2.45, 2.75) is 70.0 Å². The molecule has 1 N–H and O–H groups in total. The first kappa shape index (κ1) is 24.6. The molecule has 0 atom stereocenters. The van der Waals surface area contributed by atoms with E-state index in [0.29, 0.717) is 22.5 Å². The molecule has 2 aromatic rings. The van der Waals surface area contributed by atoms with Crippen LogP contribution in [0.3, 0.4) is 0 Å². The Morgan fingerprint density at radius 2 is 1.94 bits per heavy atom. The minimum Gasteiger partial charge on any atom is -0.465 e. The van der Waals surface area contributed by atoms with Crippen molar-refractivity contribution in [1.29, 1.82) is 0 Å². The Hall–Kier alpha value is -2.13. The number of ether oxygens (including phenoxy) is 1. The van der Waals surface area contributed by atoms with Crippen LogP contribution in [0.15, 0.2) is 23.9 Å². The van der Waals surface area contributed by atoms with Crippen molar-refractivity contribution in [2.75, 3.05) is 18.2 Å². The van der Waals surface area contributed by atoms with E-state index in [4.69, 9.17) is 4.74 Å². The zero-order valence-electron chi connectivity index (χ0n) is 20.5. The van der Waals surface area contributed by atoms with Crippen LogP contribution in [0.25, 0.3) is 0 Å². The van der Waals surface area contributed by atoms with Crippen LogP contribution >= 0.6 is 23.1 Å². The van der Waals surface area contributed by atoms with Gasteiger partial charge < -0.3 is 14.6 Å². The van der Waals surface area contributed by atoms with Gasteiger partial charge in [-0.25, -0.2) is 4.79 Å². The van der Waals surface area contributed by atoms with Gasteiger partial charge in [-0.05, 0) is 74.2 Å². The third kappa shape index (κ3) is 5.07. The van der Waals surface area contributed by atoms with E-state index < -0.39 is 5.97 Å². The first-order chi connectivity index (χ1) is 16.9. The molecule has 188 valence electrons. The van der Waals surface area contributed by atoms with E-state index in [9.17, 15) is 9.59 Å². The number of anilines is 1. The number of carbonyl (C=O) groups is 2. The second-order valence-corrected chi connectivity index (χ2v) is 12.6. The normalized spacial score (nSPS) is 26.6. The second-order valence-electron chi connectivity index (χ2n) is 10.5. The Morgan fingerprint density at radius 1 is 1.26 bits per heavy atom. The monoisotopic (exact) mass is 514 g/mol. The molecule has 9 heteroatoms. The topological polar surface area (TPSA) is 86.1 Å². The van der Waals surface area contributed by atoms with E-state index in [-0.39, 0.29) is 11.7 Å². The van der Waals surface area contributed by atoms with Gasteiger partial charge in [0.1, 0.15) is 10.8 Å². The van der Waals surface area contributed by atoms with Crippen LogP contribution in [0.5, 0.6) is 0 Å². The fraction of sp³-hybridized carbons (Fsp3) is 0.615. The van der Waals surface area contributed by atoms with Gasteiger partial charge in [-0.3, -0.25) is 4.79 Å². The molecule has 0 radical (unpaired) electrons. The number of allylic oxidation sites excluding steroid dienone is 1. The highest BCUT2D eigenvalue weighted by molar-refractivity contribution is 7.99. The van der Waals surface area contributed by atoms with Gasteiger partial charge in [0.2, 0.25) is 5.91 Å². The van der Waals surface area contributed by atoms with Gasteiger partial charge in [0, 0.05) is 17.8 Å². The van der Waals surface area contributed by atoms with Crippen molar-refractivity contribution in [1.82, 2.24) is 14.8 Å². The van der Waals surface area contributed by atoms with Gasteiger partial charge in [-0.15, -0.1) is 28.1 Å². The van der Waals surface area contributed by atoms with Crippen LogP contribution in [0.2, 0.25) is 0 Å². The number of thioether (sulfide) groups is 1. The summed E-state index contributed by atoms with van der Waals surface area (Å²) in [5.74, 6) is 3.28. The molecule has 4 aliphatic carbocycles. The second kappa shape index (κ2) is 10.1. The number of hydrogen-bond acceptors (Lipinski definition) is 7. The number of hydrogen-bond donors (Lipinski definition) is 1. The molecule has 1 amide bonds. The molecule has 4 bridgehead atoms. The van der Waals surface area contributed by atoms with Gasteiger partial charge in [0.15, 0.2) is 5.16 Å². The highest BCUT2D eigenvalue weighted by Crippen LogP contribution is 2.61. The van der Waals surface area contributed by atoms with Crippen molar-refractivity contribution >= 4 is 40.0 Å². The smallest absolute Gasteiger partial charge is 0.340 e. The molecule has 4 aliphatic rings. The SMILES string of the molecule is C=CCn1c(CC23CC4CC(CC(C4)C2)C3)nnc1SCC(=O)Nc1sc(CC)cc1C(=O)OC. The van der Waals surface area contributed by atoms with Gasteiger partial charge in [0.05, 0.1) is 18.4 Å². The third-order valence-electron chi connectivity index (χ3n) is 7.93. The molecule has 0 spiro atoms. The standard InChI is InChI=1S/C26H34N4O3S2/c1-4-6-30-21(14-26-11-16-7-17(12-26)9-18(8-16)13-26)28-29-25(30)34-15-22(31)27-23-20(24(32)33-3)10-19(5-2)35-23/h4,10,16-18H,1,5-9,11-15H2,2-3H3,(H,27,31). The number of rotatable bonds is 10. The van der Waals surface area contributed by atoms with Crippen LogP contribution in [0.4, 0.5) is 5.00 Å². The first-order valence-corrected chi connectivity index (χ1v) is 14.4. The number of amides is 1. The average Bonchev–Trinajstić information content (AvgIpc) is 3.40. The number of thiophene rings is 1. The fourth-order valence-electron chi connectivity index (χ4n) is 6.97. The van der Waals surface area contributed by atoms with Gasteiger partial charge in [-0.2, -0.15) is 0 Å². The first-order valence-electron chi connectivity index (χ1n) is 12.6. The molecule has 7 nitrogen and oxygen atoms in total. The van der Waals surface area contributed by atoms with Crippen LogP contribution < -0.4 is 5.32 Å². The summed E-state index contributed by atoms with van der Waals surface area (Å²) in [7, 11) is 1.35. The molecule has 0 aromatic carbocycles. The van der Waals surface area contributed by atoms with Crippen molar-refractivity contribution < 1.29 is 14.3 Å². The van der Waals surface area contributed by atoms with Crippen LogP contribution in [-0.4, -0.2) is 39.5 Å². The van der Waals surface area contributed by atoms with E-state index in [1.165, 1.54) is 68.7 Å². The Morgan fingerprint density at radius 3 is 2.54 bits per heavy atom. The Kier molecular flexibility index (Phi) is 7.08. The summed E-state index contributed by atoms with van der Waals surface area (Å²) in [6.45, 7) is 6.58. The van der Waals surface area contributed by atoms with Crippen molar-refractivity contribution in [2.24, 2.45) is 23.2 Å². The lowest BCUT2D eigenvalue weighted by atomic mass is 9.49. The summed E-state index contributed by atoms with van der Waals surface area (Å²) in [6.07, 6.45) is 11.9. The molecular formula is C26H34N4O3S2. The third-order valence-corrected chi connectivity index (χ3v) is 10.1. The molecule has 4 fully saturated rings. The Bertz CT molecular complexity index is 1090. The lowest BCUT2D eigenvalue weighted by Crippen LogP contribution is -2.47. The molecule has 4 saturated carbocycles. The Labute approximate surface area is 215 Å². The molecular weight excluding hydrogens is 480 g/mol. The van der Waals surface area contributed by atoms with Crippen LogP contribution in [-0.2, 0) is 28.9 Å². The molecule has 2 heterocycles. The minimum absolute atomic E-state index is 0.180. The highest BCUT2D eigenvalue weighted by Gasteiger charge is 2.51. The number of esters is 1. The van der Waals surface area contributed by atoms with E-state index in [1.807, 2.05) is 13.0 Å². The number of nitrogens with zero attached hydrogens (tertiary/aromatic N) is 3. The quantitative estimate of drug-likeness (QED) is 0.261. The molecule has 0 aliphatic heterocycles. The van der Waals surface area contributed by atoms with Gasteiger partial charge in [0.25, 0.3) is 0 Å². The number of nitrogens with one attached hydrogen (secondary N) is 1. The maximum absolute atomic E-state index is 12.8. The Balaban J connectivity index is 1.26. The van der Waals surface area contributed by atoms with E-state index in [0.717, 1.165) is 46.5 Å². The number of carbonyl (C=O) groups excluding carboxylic acids is 2. The van der Waals surface area contributed by atoms with E-state index in [2.05, 4.69) is 26.7 Å². The summed E-state index contributed by atoms with van der Waals surface area (Å²) in [4.78, 5) is 25.9. The summed E-state index contributed by atoms with van der Waals surface area (Å²) in [5.41, 5.74) is 0.779. The van der Waals surface area contributed by atoms with Gasteiger partial charge >= 0.3 is 5.97 Å². The predicted molar refractivity (Wildman–Crippen MR) is 139 cm³/mol. The number of aromatic nitrogens is 3. The maximum atomic E-state index is 12.8. The average molecular weight is 515 g/mol. The van der Waals surface area contributed by atoms with Crippen LogP contribution in [0, 0.1) is 23.2 Å². The summed E-state index contributed by atoms with van der Waals surface area (Å²) in [5, 5.41) is 13.2. The summed E-state index contributed by atoms with van der Waals surface area (Å²) >= 11 is 2.79. The zero-order valence-corrected chi connectivity index (χ0v) is 22.2. The number of aryl methyl sites for hydroxylation is 1. The van der Waals surface area contributed by atoms with E-state index >= 15 is 0 Å². The molecule has 6 rings (SSSR count). The van der Waals surface area contributed by atoms with Crippen molar-refractivity contribution in [3.05, 3.63) is 35.0 Å². The molecule has 2 aromatic heterocycles. The van der Waals surface area contributed by atoms with Crippen molar-refractivity contribution in [3.63, 3.8) is 0 Å². The predicted octanol–water partition coefficient (Wildman–Crippen LogP) is 5.36. The summed E-state index contributed by atoms with van der Waals surface area (Å²) in [6, 6.07) is 1.79. The lowest BCUT2D eigenvalue weighted by Gasteiger charge is -2.56. The molecule has 35 heavy (non-hydrogen) atoms. The van der Waals surface area contributed by atoms with Gasteiger partial charge in [-0.1, -0.05) is 24.8 Å². The zero-order chi connectivity index (χ0) is 24.6. The highest BCUT2D eigenvalue weighted by atomic mass is 32.2. The number of methoxy groups -OCH3 is 1. The largest absolute Gasteiger partial charge is 0.465 e. The summed E-state index contributed by atoms with van der Waals surface area (Å²) < 4.78 is 7.00. The minimum atomic E-state index is -0.441. The lowest BCUT2D eigenvalue weighted by molar-refractivity contribution is -0.113. The van der Waals surface area contributed by atoms with Crippen LogP contribution in [0.1, 0.15) is 66.5 Å². The fourth-order valence-corrected chi connectivity index (χ4v) is 8.74. The molecule has 0 saturated heterocycles. The van der Waals surface area contributed by atoms with E-state index in [1.54, 1.807) is 6.07 Å². The maximum Gasteiger partial charge on any atom is 0.340 e.